The van der Waals surface area contributed by atoms with Gasteiger partial charge in [0.25, 0.3) is 0 Å². The summed E-state index contributed by atoms with van der Waals surface area (Å²) in [6.45, 7) is 6.85. The highest BCUT2D eigenvalue weighted by molar-refractivity contribution is 5.14. The Hall–Kier alpha value is -1.61. The van der Waals surface area contributed by atoms with E-state index in [0.717, 1.165) is 23.8 Å². The van der Waals surface area contributed by atoms with Gasteiger partial charge >= 0.3 is 0 Å². The summed E-state index contributed by atoms with van der Waals surface area (Å²) in [6, 6.07) is 8.33. The van der Waals surface area contributed by atoms with Crippen molar-refractivity contribution in [2.75, 3.05) is 0 Å². The molecule has 0 amide bonds. The van der Waals surface area contributed by atoms with Crippen molar-refractivity contribution in [2.45, 2.75) is 33.4 Å². The van der Waals surface area contributed by atoms with Gasteiger partial charge in [0.05, 0.1) is 6.04 Å². The molecule has 0 aliphatic heterocycles. The van der Waals surface area contributed by atoms with Gasteiger partial charge in [-0.1, -0.05) is 6.07 Å². The minimum absolute atomic E-state index is 0.213. The highest BCUT2D eigenvalue weighted by atomic mass is 16.3. The minimum atomic E-state index is 0.213. The molecule has 1 atom stereocenters. The van der Waals surface area contributed by atoms with Crippen LogP contribution in [0.25, 0.3) is 0 Å². The molecule has 0 spiro atoms. The number of nitrogens with one attached hydrogen (secondary N) is 1. The summed E-state index contributed by atoms with van der Waals surface area (Å²) < 4.78 is 5.57. The van der Waals surface area contributed by atoms with Gasteiger partial charge in [0.2, 0.25) is 0 Å². The average Bonchev–Trinajstić information content (AvgIpc) is 2.75. The Kier molecular flexibility index (Phi) is 3.59. The molecule has 0 saturated heterocycles. The lowest BCUT2D eigenvalue weighted by atomic mass is 10.2. The van der Waals surface area contributed by atoms with E-state index in [9.17, 15) is 0 Å². The number of rotatable bonds is 4. The third-order valence-electron chi connectivity index (χ3n) is 2.77. The molecule has 3 nitrogen and oxygen atoms in total. The largest absolute Gasteiger partial charge is 0.465 e. The Morgan fingerprint density at radius 1 is 1.24 bits per heavy atom. The number of aromatic nitrogens is 1. The van der Waals surface area contributed by atoms with Gasteiger partial charge < -0.3 is 9.73 Å². The molecule has 1 N–H and O–H groups in total. The van der Waals surface area contributed by atoms with Crippen LogP contribution < -0.4 is 5.32 Å². The van der Waals surface area contributed by atoms with Crippen molar-refractivity contribution < 1.29 is 4.42 Å². The van der Waals surface area contributed by atoms with Crippen molar-refractivity contribution in [1.82, 2.24) is 10.3 Å². The molecular formula is C14H18N2O. The molecular weight excluding hydrogens is 212 g/mol. The SMILES string of the molecule is Cc1ccc(CNC(C)c2ccc(C)o2)cn1. The number of aryl methyl sites for hydroxylation is 2. The van der Waals surface area contributed by atoms with Crippen LogP contribution in [0.3, 0.4) is 0 Å². The minimum Gasteiger partial charge on any atom is -0.465 e. The third kappa shape index (κ3) is 3.17. The van der Waals surface area contributed by atoms with Crippen molar-refractivity contribution in [3.63, 3.8) is 0 Å². The van der Waals surface area contributed by atoms with Gasteiger partial charge in [-0.05, 0) is 44.5 Å². The van der Waals surface area contributed by atoms with E-state index in [0.29, 0.717) is 0 Å². The summed E-state index contributed by atoms with van der Waals surface area (Å²) >= 11 is 0. The molecule has 2 rings (SSSR count). The van der Waals surface area contributed by atoms with E-state index in [1.165, 1.54) is 5.56 Å². The number of hydrogen-bond acceptors (Lipinski definition) is 3. The monoisotopic (exact) mass is 230 g/mol. The van der Waals surface area contributed by atoms with E-state index < -0.39 is 0 Å². The van der Waals surface area contributed by atoms with Crippen LogP contribution in [0, 0.1) is 13.8 Å². The molecule has 2 aromatic rings. The summed E-state index contributed by atoms with van der Waals surface area (Å²) in [5.41, 5.74) is 2.23. The zero-order chi connectivity index (χ0) is 12.3. The molecule has 0 aliphatic carbocycles. The van der Waals surface area contributed by atoms with Crippen LogP contribution in [0.4, 0.5) is 0 Å². The predicted octanol–water partition coefficient (Wildman–Crippen LogP) is 3.14. The Morgan fingerprint density at radius 2 is 2.06 bits per heavy atom. The lowest BCUT2D eigenvalue weighted by Crippen LogP contribution is -2.17. The first-order chi connectivity index (χ1) is 8.15. The number of hydrogen-bond donors (Lipinski definition) is 1. The fraction of sp³-hybridized carbons (Fsp3) is 0.357. The van der Waals surface area contributed by atoms with Crippen molar-refractivity contribution in [1.29, 1.82) is 0 Å². The van der Waals surface area contributed by atoms with Crippen LogP contribution in [0.2, 0.25) is 0 Å². The van der Waals surface area contributed by atoms with E-state index in [1.807, 2.05) is 38.2 Å². The molecule has 0 radical (unpaired) electrons. The number of nitrogens with zero attached hydrogens (tertiary/aromatic N) is 1. The normalized spacial score (nSPS) is 12.6. The maximum Gasteiger partial charge on any atom is 0.120 e. The molecule has 0 aromatic carbocycles. The molecule has 0 bridgehead atoms. The predicted molar refractivity (Wildman–Crippen MR) is 67.7 cm³/mol. The van der Waals surface area contributed by atoms with Crippen LogP contribution in [0.15, 0.2) is 34.9 Å². The summed E-state index contributed by atoms with van der Waals surface area (Å²) in [7, 11) is 0. The summed E-state index contributed by atoms with van der Waals surface area (Å²) in [5.74, 6) is 1.92. The highest BCUT2D eigenvalue weighted by Crippen LogP contribution is 2.15. The number of furan rings is 1. The fourth-order valence-electron chi connectivity index (χ4n) is 1.66. The van der Waals surface area contributed by atoms with Gasteiger partial charge in [0.15, 0.2) is 0 Å². The molecule has 17 heavy (non-hydrogen) atoms. The zero-order valence-corrected chi connectivity index (χ0v) is 10.5. The molecule has 0 saturated carbocycles. The molecule has 0 aliphatic rings. The van der Waals surface area contributed by atoms with Crippen molar-refractivity contribution >= 4 is 0 Å². The first kappa shape index (κ1) is 11.9. The van der Waals surface area contributed by atoms with Crippen LogP contribution in [-0.2, 0) is 6.54 Å². The standard InChI is InChI=1S/C14H18N2O/c1-10-4-6-13(8-15-10)9-16-12(3)14-7-5-11(2)17-14/h4-8,12,16H,9H2,1-3H3. The second-order valence-corrected chi connectivity index (χ2v) is 4.36. The molecule has 0 fully saturated rings. The molecule has 2 heterocycles. The summed E-state index contributed by atoms with van der Waals surface area (Å²) in [6.07, 6.45) is 1.91. The smallest absolute Gasteiger partial charge is 0.120 e. The van der Waals surface area contributed by atoms with Gasteiger partial charge in [0.1, 0.15) is 11.5 Å². The Bertz CT molecular complexity index is 473. The lowest BCUT2D eigenvalue weighted by Gasteiger charge is -2.11. The second-order valence-electron chi connectivity index (χ2n) is 4.36. The summed E-state index contributed by atoms with van der Waals surface area (Å²) in [5, 5.41) is 3.41. The van der Waals surface area contributed by atoms with Crippen LogP contribution in [0.1, 0.15) is 35.7 Å². The summed E-state index contributed by atoms with van der Waals surface area (Å²) in [4.78, 5) is 4.27. The second kappa shape index (κ2) is 5.15. The van der Waals surface area contributed by atoms with Gasteiger partial charge in [-0.15, -0.1) is 0 Å². The molecule has 3 heteroatoms. The molecule has 2 aromatic heterocycles. The van der Waals surface area contributed by atoms with E-state index >= 15 is 0 Å². The van der Waals surface area contributed by atoms with Crippen molar-refractivity contribution in [3.05, 3.63) is 53.2 Å². The lowest BCUT2D eigenvalue weighted by molar-refractivity contribution is 0.415. The van der Waals surface area contributed by atoms with E-state index in [-0.39, 0.29) is 6.04 Å². The fourth-order valence-corrected chi connectivity index (χ4v) is 1.66. The highest BCUT2D eigenvalue weighted by Gasteiger charge is 2.08. The quantitative estimate of drug-likeness (QED) is 0.876. The van der Waals surface area contributed by atoms with E-state index in [2.05, 4.69) is 23.3 Å². The van der Waals surface area contributed by atoms with Crippen molar-refractivity contribution in [2.24, 2.45) is 0 Å². The maximum atomic E-state index is 5.57. The Labute approximate surface area is 102 Å². The number of pyridine rings is 1. The van der Waals surface area contributed by atoms with Crippen molar-refractivity contribution in [3.8, 4) is 0 Å². The first-order valence-electron chi connectivity index (χ1n) is 5.86. The molecule has 1 unspecified atom stereocenters. The van der Waals surface area contributed by atoms with Gasteiger partial charge in [-0.3, -0.25) is 4.98 Å². The topological polar surface area (TPSA) is 38.1 Å². The van der Waals surface area contributed by atoms with Crippen LogP contribution in [-0.4, -0.2) is 4.98 Å². The Balaban J connectivity index is 1.92. The third-order valence-corrected chi connectivity index (χ3v) is 2.77. The van der Waals surface area contributed by atoms with Crippen LogP contribution in [0.5, 0.6) is 0 Å². The first-order valence-corrected chi connectivity index (χ1v) is 5.86. The van der Waals surface area contributed by atoms with Gasteiger partial charge in [-0.2, -0.15) is 0 Å². The van der Waals surface area contributed by atoms with E-state index in [4.69, 9.17) is 4.42 Å². The van der Waals surface area contributed by atoms with E-state index in [1.54, 1.807) is 0 Å². The maximum absolute atomic E-state index is 5.57. The Morgan fingerprint density at radius 3 is 2.65 bits per heavy atom. The average molecular weight is 230 g/mol. The van der Waals surface area contributed by atoms with Gasteiger partial charge in [-0.25, -0.2) is 0 Å². The molecule has 90 valence electrons. The zero-order valence-electron chi connectivity index (χ0n) is 10.5. The van der Waals surface area contributed by atoms with Crippen LogP contribution >= 0.6 is 0 Å². The van der Waals surface area contributed by atoms with Gasteiger partial charge in [0, 0.05) is 18.4 Å².